The first-order valence-corrected chi connectivity index (χ1v) is 7.32. The van der Waals surface area contributed by atoms with E-state index in [9.17, 15) is 8.42 Å². The minimum Gasteiger partial charge on any atom is -0.397 e. The minimum atomic E-state index is -3.91. The second-order valence-electron chi connectivity index (χ2n) is 4.63. The average Bonchev–Trinajstić information content (AvgIpc) is 2.34. The van der Waals surface area contributed by atoms with Crippen molar-refractivity contribution >= 4 is 27.3 Å². The van der Waals surface area contributed by atoms with Crippen LogP contribution in [-0.4, -0.2) is 37.4 Å². The lowest BCUT2D eigenvalue weighted by Gasteiger charge is -2.26. The number of sulfonamides is 1. The van der Waals surface area contributed by atoms with E-state index in [1.54, 1.807) is 6.92 Å². The zero-order valence-electron chi connectivity index (χ0n) is 10.6. The van der Waals surface area contributed by atoms with Crippen LogP contribution in [0, 0.1) is 6.92 Å². The first kappa shape index (κ1) is 16.2. The van der Waals surface area contributed by atoms with Crippen molar-refractivity contribution in [1.82, 2.24) is 4.72 Å². The number of nitrogen functional groups attached to an aromatic ring is 1. The predicted molar refractivity (Wildman–Crippen MR) is 73.5 cm³/mol. The number of aryl methyl sites for hydroxylation is 1. The number of anilines is 1. The van der Waals surface area contributed by atoms with Crippen LogP contribution in [-0.2, 0) is 10.0 Å². The molecule has 0 unspecified atom stereocenters. The second-order valence-corrected chi connectivity index (χ2v) is 6.69. The number of halogens is 1. The maximum atomic E-state index is 12.1. The molecular formula is C11H17ClN2O4S. The highest BCUT2D eigenvalue weighted by Gasteiger charge is 2.30. The normalized spacial score (nSPS) is 12.7. The molecule has 1 aromatic rings. The van der Waals surface area contributed by atoms with Crippen molar-refractivity contribution in [3.8, 4) is 0 Å². The van der Waals surface area contributed by atoms with Crippen LogP contribution in [0.3, 0.4) is 0 Å². The monoisotopic (exact) mass is 308 g/mol. The Morgan fingerprint density at radius 1 is 1.37 bits per heavy atom. The first-order chi connectivity index (χ1) is 8.65. The highest BCUT2D eigenvalue weighted by Crippen LogP contribution is 2.27. The van der Waals surface area contributed by atoms with Crippen molar-refractivity contribution in [2.75, 3.05) is 18.9 Å². The van der Waals surface area contributed by atoms with Crippen LogP contribution in [0.1, 0.15) is 12.5 Å². The highest BCUT2D eigenvalue weighted by molar-refractivity contribution is 7.89. The Labute approximate surface area is 117 Å². The van der Waals surface area contributed by atoms with E-state index in [-0.39, 0.29) is 10.6 Å². The molecule has 108 valence electrons. The fourth-order valence-corrected chi connectivity index (χ4v) is 3.03. The number of hydrogen-bond acceptors (Lipinski definition) is 5. The molecule has 1 aromatic carbocycles. The van der Waals surface area contributed by atoms with Gasteiger partial charge in [0.15, 0.2) is 0 Å². The molecule has 0 saturated carbocycles. The number of aliphatic hydroxyl groups is 2. The molecule has 0 atom stereocenters. The van der Waals surface area contributed by atoms with Gasteiger partial charge in [0.25, 0.3) is 0 Å². The van der Waals surface area contributed by atoms with Gasteiger partial charge in [-0.2, -0.15) is 0 Å². The lowest BCUT2D eigenvalue weighted by molar-refractivity contribution is 0.122. The quantitative estimate of drug-likeness (QED) is 0.583. The van der Waals surface area contributed by atoms with Crippen LogP contribution in [0.2, 0.25) is 5.02 Å². The summed E-state index contributed by atoms with van der Waals surface area (Å²) in [5, 5.41) is 18.5. The fraction of sp³-hybridized carbons (Fsp3) is 0.455. The second kappa shape index (κ2) is 5.64. The molecule has 0 aromatic heterocycles. The molecule has 0 fully saturated rings. The molecule has 0 bridgehead atoms. The number of hydrogen-bond donors (Lipinski definition) is 4. The van der Waals surface area contributed by atoms with Crippen LogP contribution in [0.15, 0.2) is 17.0 Å². The standard InChI is InChI=1S/C11H17ClN2O4S/c1-7-3-8(4-9(13)10(7)12)19(17,18)14-11(2,5-15)6-16/h3-4,14-16H,5-6,13H2,1-2H3. The lowest BCUT2D eigenvalue weighted by Crippen LogP contribution is -2.51. The van der Waals surface area contributed by atoms with Crippen LogP contribution in [0.25, 0.3) is 0 Å². The van der Waals surface area contributed by atoms with Crippen molar-refractivity contribution in [2.45, 2.75) is 24.3 Å². The molecule has 0 aliphatic heterocycles. The molecule has 5 N–H and O–H groups in total. The zero-order chi connectivity index (χ0) is 14.8. The first-order valence-electron chi connectivity index (χ1n) is 5.46. The van der Waals surface area contributed by atoms with Crippen molar-refractivity contribution < 1.29 is 18.6 Å². The van der Waals surface area contributed by atoms with E-state index >= 15 is 0 Å². The number of rotatable bonds is 5. The molecular weight excluding hydrogens is 292 g/mol. The molecule has 1 rings (SSSR count). The predicted octanol–water partition coefficient (Wildman–Crippen LogP) is 0.252. The van der Waals surface area contributed by atoms with E-state index in [4.69, 9.17) is 27.5 Å². The van der Waals surface area contributed by atoms with Crippen molar-refractivity contribution in [2.24, 2.45) is 0 Å². The summed E-state index contributed by atoms with van der Waals surface area (Å²) in [6.45, 7) is 1.95. The molecule has 0 amide bonds. The topological polar surface area (TPSA) is 113 Å². The Morgan fingerprint density at radius 2 is 1.89 bits per heavy atom. The Morgan fingerprint density at radius 3 is 2.32 bits per heavy atom. The van der Waals surface area contributed by atoms with Crippen LogP contribution >= 0.6 is 11.6 Å². The SMILES string of the molecule is Cc1cc(S(=O)(=O)NC(C)(CO)CO)cc(N)c1Cl. The summed E-state index contributed by atoms with van der Waals surface area (Å²) in [6.07, 6.45) is 0. The molecule has 0 heterocycles. The number of nitrogens with one attached hydrogen (secondary N) is 1. The Hall–Kier alpha value is -0.860. The van der Waals surface area contributed by atoms with Gasteiger partial charge in [-0.1, -0.05) is 11.6 Å². The molecule has 0 aliphatic rings. The van der Waals surface area contributed by atoms with Gasteiger partial charge in [-0.05, 0) is 31.5 Å². The Kier molecular flexibility index (Phi) is 4.81. The van der Waals surface area contributed by atoms with Gasteiger partial charge in [0, 0.05) is 0 Å². The summed E-state index contributed by atoms with van der Waals surface area (Å²) >= 11 is 5.87. The maximum absolute atomic E-state index is 12.1. The maximum Gasteiger partial charge on any atom is 0.241 e. The lowest BCUT2D eigenvalue weighted by atomic mass is 10.1. The average molecular weight is 309 g/mol. The Bertz CT molecular complexity index is 547. The molecule has 0 radical (unpaired) electrons. The van der Waals surface area contributed by atoms with Gasteiger partial charge in [-0.15, -0.1) is 0 Å². The molecule has 0 aliphatic carbocycles. The third kappa shape index (κ3) is 3.58. The number of nitrogens with two attached hydrogens (primary N) is 1. The third-order valence-electron chi connectivity index (χ3n) is 2.65. The van der Waals surface area contributed by atoms with Crippen molar-refractivity contribution in [3.05, 3.63) is 22.7 Å². The van der Waals surface area contributed by atoms with Crippen molar-refractivity contribution in [1.29, 1.82) is 0 Å². The van der Waals surface area contributed by atoms with Gasteiger partial charge < -0.3 is 15.9 Å². The summed E-state index contributed by atoms with van der Waals surface area (Å²) in [4.78, 5) is -0.0694. The van der Waals surface area contributed by atoms with E-state index in [0.29, 0.717) is 10.6 Å². The van der Waals surface area contributed by atoms with Crippen LogP contribution in [0.4, 0.5) is 5.69 Å². The third-order valence-corrected chi connectivity index (χ3v) is 4.78. The van der Waals surface area contributed by atoms with Crippen LogP contribution < -0.4 is 10.5 Å². The van der Waals surface area contributed by atoms with E-state index in [1.165, 1.54) is 19.1 Å². The van der Waals surface area contributed by atoms with E-state index in [2.05, 4.69) is 4.72 Å². The fourth-order valence-electron chi connectivity index (χ4n) is 1.42. The van der Waals surface area contributed by atoms with E-state index < -0.39 is 28.8 Å². The van der Waals surface area contributed by atoms with Gasteiger partial charge in [0.1, 0.15) is 0 Å². The Balaban J connectivity index is 3.22. The van der Waals surface area contributed by atoms with E-state index in [0.717, 1.165) is 0 Å². The largest absolute Gasteiger partial charge is 0.397 e. The number of aliphatic hydroxyl groups excluding tert-OH is 2. The minimum absolute atomic E-state index is 0.0694. The summed E-state index contributed by atoms with van der Waals surface area (Å²) in [5.41, 5.74) is 4.95. The molecule has 0 saturated heterocycles. The molecule has 8 heteroatoms. The molecule has 6 nitrogen and oxygen atoms in total. The number of benzene rings is 1. The summed E-state index contributed by atoms with van der Waals surface area (Å²) < 4.78 is 26.5. The summed E-state index contributed by atoms with van der Waals surface area (Å²) in [6, 6.07) is 2.60. The highest BCUT2D eigenvalue weighted by atomic mass is 35.5. The molecule has 19 heavy (non-hydrogen) atoms. The summed E-state index contributed by atoms with van der Waals surface area (Å²) in [5.74, 6) is 0. The van der Waals surface area contributed by atoms with E-state index in [1.807, 2.05) is 0 Å². The molecule has 0 spiro atoms. The van der Waals surface area contributed by atoms with Crippen molar-refractivity contribution in [3.63, 3.8) is 0 Å². The smallest absolute Gasteiger partial charge is 0.241 e. The van der Waals surface area contributed by atoms with Gasteiger partial charge in [-0.25, -0.2) is 13.1 Å². The van der Waals surface area contributed by atoms with Gasteiger partial charge >= 0.3 is 0 Å². The van der Waals surface area contributed by atoms with Gasteiger partial charge in [-0.3, -0.25) is 0 Å². The van der Waals surface area contributed by atoms with Gasteiger partial charge in [0.05, 0.1) is 34.4 Å². The van der Waals surface area contributed by atoms with Crippen LogP contribution in [0.5, 0.6) is 0 Å². The van der Waals surface area contributed by atoms with Gasteiger partial charge in [0.2, 0.25) is 10.0 Å². The zero-order valence-corrected chi connectivity index (χ0v) is 12.2. The summed E-state index contributed by atoms with van der Waals surface area (Å²) in [7, 11) is -3.91.